The van der Waals surface area contributed by atoms with E-state index in [9.17, 15) is 31.9 Å². The number of nitrogens with zero attached hydrogens (tertiary/aromatic N) is 4. The summed E-state index contributed by atoms with van der Waals surface area (Å²) in [4.78, 5) is 52.9. The summed E-state index contributed by atoms with van der Waals surface area (Å²) in [5.41, 5.74) is 6.64. The van der Waals surface area contributed by atoms with Crippen LogP contribution in [0.1, 0.15) is 12.8 Å². The zero-order valence-corrected chi connectivity index (χ0v) is 21.6. The number of hydrogen-bond donors (Lipinski definition) is 3. The van der Waals surface area contributed by atoms with Gasteiger partial charge in [-0.1, -0.05) is 11.2 Å². The maximum atomic E-state index is 14.9. The van der Waals surface area contributed by atoms with E-state index < -0.39 is 36.1 Å². The number of anilines is 1. The fourth-order valence-corrected chi connectivity index (χ4v) is 3.31. The molecule has 0 aliphatic carbocycles. The molecule has 2 amide bonds. The molecule has 4 rings (SSSR count). The normalized spacial score (nSPS) is 14.5. The van der Waals surface area contributed by atoms with Gasteiger partial charge in [-0.25, -0.2) is 14.0 Å². The topological polar surface area (TPSA) is 200 Å². The second kappa shape index (κ2) is 13.5. The Morgan fingerprint density at radius 1 is 1.24 bits per heavy atom. The number of carboxylic acids is 1. The van der Waals surface area contributed by atoms with Crippen LogP contribution in [0.2, 0.25) is 0 Å². The Bertz CT molecular complexity index is 1450. The minimum absolute atomic E-state index is 0.0778. The zero-order valence-electron chi connectivity index (χ0n) is 21.6. The van der Waals surface area contributed by atoms with Crippen molar-refractivity contribution in [1.29, 1.82) is 0 Å². The number of carbonyl (C=O) groups is 4. The van der Waals surface area contributed by atoms with Crippen LogP contribution in [-0.4, -0.2) is 76.1 Å². The molecule has 1 aromatic carbocycles. The molecule has 0 bridgehead atoms. The van der Waals surface area contributed by atoms with Gasteiger partial charge in [-0.2, -0.15) is 18.2 Å². The van der Waals surface area contributed by atoms with E-state index in [1.165, 1.54) is 30.2 Å². The number of halogens is 4. The van der Waals surface area contributed by atoms with Crippen molar-refractivity contribution in [3.63, 3.8) is 0 Å². The van der Waals surface area contributed by atoms with Gasteiger partial charge in [0, 0.05) is 24.2 Å². The molecule has 1 aliphatic rings. The molecule has 2 aromatic heterocycles. The molecule has 0 unspecified atom stereocenters. The van der Waals surface area contributed by atoms with Crippen LogP contribution in [0.5, 0.6) is 0 Å². The molecular formula is C24H22F4N6O8. The molecule has 0 saturated carbocycles. The number of alkyl halides is 3. The maximum absolute atomic E-state index is 14.9. The predicted octanol–water partition coefficient (Wildman–Crippen LogP) is 2.03. The molecule has 1 aliphatic heterocycles. The Hall–Kier alpha value is -5.13. The molecule has 42 heavy (non-hydrogen) atoms. The Kier molecular flexibility index (Phi) is 10.1. The van der Waals surface area contributed by atoms with Crippen LogP contribution >= 0.6 is 0 Å². The summed E-state index contributed by atoms with van der Waals surface area (Å²) < 4.78 is 61.7. The number of nitrogens with two attached hydrogens (primary N) is 1. The first-order valence-corrected chi connectivity index (χ1v) is 11.8. The van der Waals surface area contributed by atoms with Gasteiger partial charge >= 0.3 is 24.2 Å². The molecule has 4 N–H and O–H groups in total. The lowest BCUT2D eigenvalue weighted by Gasteiger charge is -2.14. The van der Waals surface area contributed by atoms with Crippen LogP contribution in [0.25, 0.3) is 22.6 Å². The second-order valence-electron chi connectivity index (χ2n) is 8.33. The lowest BCUT2D eigenvalue weighted by atomic mass is 10.1. The van der Waals surface area contributed by atoms with E-state index in [1.54, 1.807) is 18.2 Å². The van der Waals surface area contributed by atoms with Crippen molar-refractivity contribution in [1.82, 2.24) is 20.4 Å². The van der Waals surface area contributed by atoms with Crippen LogP contribution in [0.4, 0.5) is 28.0 Å². The fourth-order valence-electron chi connectivity index (χ4n) is 3.31. The minimum atomic E-state index is -5.08. The maximum Gasteiger partial charge on any atom is 0.490 e. The van der Waals surface area contributed by atoms with Gasteiger partial charge in [-0.05, 0) is 24.3 Å². The number of benzene rings is 1. The monoisotopic (exact) mass is 598 g/mol. The van der Waals surface area contributed by atoms with Crippen LogP contribution in [0.15, 0.2) is 41.1 Å². The van der Waals surface area contributed by atoms with Gasteiger partial charge in [-0.15, -0.1) is 0 Å². The molecule has 224 valence electrons. The highest BCUT2D eigenvalue weighted by Gasteiger charge is 2.38. The summed E-state index contributed by atoms with van der Waals surface area (Å²) in [6.07, 6.45) is -4.77. The number of carboxylic acid groups (broad SMARTS) is 1. The quantitative estimate of drug-likeness (QED) is 0.252. The van der Waals surface area contributed by atoms with Gasteiger partial charge in [0.1, 0.15) is 17.6 Å². The van der Waals surface area contributed by atoms with Crippen molar-refractivity contribution in [2.24, 2.45) is 5.73 Å². The molecule has 14 nitrogen and oxygen atoms in total. The summed E-state index contributed by atoms with van der Waals surface area (Å²) in [7, 11) is 0. The van der Waals surface area contributed by atoms with E-state index in [2.05, 4.69) is 20.4 Å². The highest BCUT2D eigenvalue weighted by Crippen LogP contribution is 2.29. The molecular weight excluding hydrogens is 576 g/mol. The van der Waals surface area contributed by atoms with E-state index in [1.807, 2.05) is 0 Å². The van der Waals surface area contributed by atoms with Crippen molar-refractivity contribution in [3.05, 3.63) is 48.2 Å². The first-order valence-electron chi connectivity index (χ1n) is 11.8. The summed E-state index contributed by atoms with van der Waals surface area (Å²) >= 11 is 0. The van der Waals surface area contributed by atoms with Gasteiger partial charge in [0.05, 0.1) is 25.3 Å². The number of nitrogens with one attached hydrogen (secondary N) is 1. The number of amides is 2. The molecule has 1 saturated heterocycles. The van der Waals surface area contributed by atoms with Crippen LogP contribution in [0.3, 0.4) is 0 Å². The van der Waals surface area contributed by atoms with Gasteiger partial charge in [0.15, 0.2) is 6.61 Å². The molecule has 1 fully saturated rings. The lowest BCUT2D eigenvalue weighted by Crippen LogP contribution is -2.33. The smallest absolute Gasteiger partial charge is 0.475 e. The average molecular weight is 598 g/mol. The zero-order chi connectivity index (χ0) is 31.0. The number of aromatic nitrogens is 3. The average Bonchev–Trinajstić information content (AvgIpc) is 3.57. The number of pyridine rings is 1. The minimum Gasteiger partial charge on any atom is -0.475 e. The number of carbonyl (C=O) groups excluding carboxylic acids is 3. The van der Waals surface area contributed by atoms with E-state index in [0.717, 1.165) is 0 Å². The number of cyclic esters (lactones) is 1. The van der Waals surface area contributed by atoms with E-state index >= 15 is 0 Å². The van der Waals surface area contributed by atoms with Gasteiger partial charge in [0.25, 0.3) is 5.89 Å². The number of ether oxygens (including phenoxy) is 2. The Morgan fingerprint density at radius 3 is 2.52 bits per heavy atom. The second-order valence-corrected chi connectivity index (χ2v) is 8.33. The molecule has 1 atom stereocenters. The SMILES string of the molecule is CC(=O)NC[C@H]1CN(c2ccc(-c3ccc(-c4noc(COC(=O)CN)n4)nc3)c(F)c2)C(=O)O1.O=C(O)C(F)(F)F. The lowest BCUT2D eigenvalue weighted by molar-refractivity contribution is -0.192. The summed E-state index contributed by atoms with van der Waals surface area (Å²) in [6, 6.07) is 7.60. The third-order valence-electron chi connectivity index (χ3n) is 5.25. The Balaban J connectivity index is 0.000000616. The Labute approximate surface area is 233 Å². The molecule has 18 heteroatoms. The summed E-state index contributed by atoms with van der Waals surface area (Å²) in [5, 5.41) is 13.5. The molecule has 0 spiro atoms. The molecule has 3 heterocycles. The van der Waals surface area contributed by atoms with E-state index in [-0.39, 0.29) is 49.4 Å². The first kappa shape index (κ1) is 31.4. The van der Waals surface area contributed by atoms with E-state index in [4.69, 9.17) is 29.6 Å². The van der Waals surface area contributed by atoms with Gasteiger partial charge in [0.2, 0.25) is 11.7 Å². The Morgan fingerprint density at radius 2 is 1.95 bits per heavy atom. The third-order valence-corrected chi connectivity index (χ3v) is 5.25. The molecule has 0 radical (unpaired) electrons. The van der Waals surface area contributed by atoms with Crippen LogP contribution in [-0.2, 0) is 30.5 Å². The van der Waals surface area contributed by atoms with Crippen LogP contribution in [0, 0.1) is 5.82 Å². The number of hydrogen-bond acceptors (Lipinski definition) is 11. The van der Waals surface area contributed by atoms with Crippen molar-refractivity contribution in [2.45, 2.75) is 25.8 Å². The van der Waals surface area contributed by atoms with Gasteiger partial charge in [-0.3, -0.25) is 19.5 Å². The largest absolute Gasteiger partial charge is 0.490 e. The number of rotatable bonds is 8. The third kappa shape index (κ3) is 8.43. The van der Waals surface area contributed by atoms with Crippen molar-refractivity contribution >= 4 is 29.6 Å². The first-order chi connectivity index (χ1) is 19.8. The number of aliphatic carboxylic acids is 1. The van der Waals surface area contributed by atoms with Crippen LogP contribution < -0.4 is 16.0 Å². The highest BCUT2D eigenvalue weighted by atomic mass is 19.4. The highest BCUT2D eigenvalue weighted by molar-refractivity contribution is 5.90. The van der Waals surface area contributed by atoms with Crippen molar-refractivity contribution in [3.8, 4) is 22.6 Å². The number of esters is 1. The van der Waals surface area contributed by atoms with Crippen molar-refractivity contribution in [2.75, 3.05) is 24.5 Å². The van der Waals surface area contributed by atoms with Gasteiger partial charge < -0.3 is 30.2 Å². The van der Waals surface area contributed by atoms with E-state index in [0.29, 0.717) is 16.9 Å². The summed E-state index contributed by atoms with van der Waals surface area (Å²) in [5.74, 6) is -3.90. The van der Waals surface area contributed by atoms with Crippen molar-refractivity contribution < 1.29 is 55.8 Å². The summed E-state index contributed by atoms with van der Waals surface area (Å²) in [6.45, 7) is 1.26. The molecule has 3 aromatic rings. The predicted molar refractivity (Wildman–Crippen MR) is 132 cm³/mol. The fraction of sp³-hybridized carbons (Fsp3) is 0.292. The standard InChI is InChI=1S/C22H21FN6O6.C2HF3O2/c1-12(30)25-9-15-10-29(22(32)34-15)14-3-4-16(17(23)6-14)13-2-5-18(26-8-13)21-27-19(35-28-21)11-33-20(31)7-24;3-2(4,5)1(6)7/h2-6,8,15H,7,9-11,24H2,1H3,(H,25,30);(H,6,7)/t15-;/m0./s1.